The van der Waals surface area contributed by atoms with Gasteiger partial charge in [-0.1, -0.05) is 20.8 Å². The third-order valence-electron chi connectivity index (χ3n) is 3.48. The van der Waals surface area contributed by atoms with Gasteiger partial charge in [-0.15, -0.1) is 0 Å². The topological polar surface area (TPSA) is 48.0 Å². The highest BCUT2D eigenvalue weighted by atomic mass is 19.4. The Morgan fingerprint density at radius 2 is 1.36 bits per heavy atom. The van der Waals surface area contributed by atoms with Crippen LogP contribution in [0.15, 0.2) is 12.1 Å². The van der Waals surface area contributed by atoms with Crippen molar-refractivity contribution in [3.63, 3.8) is 0 Å². The van der Waals surface area contributed by atoms with Gasteiger partial charge >= 0.3 is 6.18 Å². The molecule has 0 bridgehead atoms. The zero-order chi connectivity index (χ0) is 21.5. The van der Waals surface area contributed by atoms with Crippen LogP contribution in [-0.4, -0.2) is 49.9 Å². The Morgan fingerprint density at radius 1 is 0.893 bits per heavy atom. The smallest absolute Gasteiger partial charge is 0.406 e. The van der Waals surface area contributed by atoms with Gasteiger partial charge in [-0.2, -0.15) is 13.2 Å². The highest BCUT2D eigenvalue weighted by molar-refractivity contribution is 5.95. The van der Waals surface area contributed by atoms with E-state index in [9.17, 15) is 18.0 Å². The fourth-order valence-electron chi connectivity index (χ4n) is 2.68. The molecule has 160 valence electrons. The van der Waals surface area contributed by atoms with Crippen LogP contribution in [0.3, 0.4) is 0 Å². The van der Waals surface area contributed by atoms with Crippen LogP contribution in [0.25, 0.3) is 0 Å². The second kappa shape index (κ2) is 9.89. The molecular formula is C20H30F3NO4. The summed E-state index contributed by atoms with van der Waals surface area (Å²) in [4.78, 5) is 13.8. The van der Waals surface area contributed by atoms with Crippen molar-refractivity contribution < 1.29 is 32.2 Å². The third kappa shape index (κ3) is 7.48. The Kier molecular flexibility index (Phi) is 8.45. The molecule has 0 aliphatic heterocycles. The number of ether oxygens (including phenoxy) is 3. The molecule has 0 aromatic heterocycles. The van der Waals surface area contributed by atoms with Crippen LogP contribution in [-0.2, 0) is 0 Å². The predicted molar refractivity (Wildman–Crippen MR) is 101 cm³/mol. The van der Waals surface area contributed by atoms with E-state index in [4.69, 9.17) is 14.2 Å². The maximum Gasteiger partial charge on any atom is 0.406 e. The molecule has 1 rings (SSSR count). The van der Waals surface area contributed by atoms with E-state index in [1.807, 2.05) is 0 Å². The van der Waals surface area contributed by atoms with E-state index in [2.05, 4.69) is 0 Å². The minimum absolute atomic E-state index is 0.0491. The summed E-state index contributed by atoms with van der Waals surface area (Å²) in [6, 6.07) is 2.82. The van der Waals surface area contributed by atoms with Crippen LogP contribution in [0.5, 0.6) is 17.2 Å². The molecule has 0 spiro atoms. The van der Waals surface area contributed by atoms with Gasteiger partial charge < -0.3 is 19.1 Å². The summed E-state index contributed by atoms with van der Waals surface area (Å²) >= 11 is 0. The summed E-state index contributed by atoms with van der Waals surface area (Å²) in [6.45, 7) is 10.2. The number of carbonyl (C=O) groups is 1. The zero-order valence-electron chi connectivity index (χ0n) is 17.4. The lowest BCUT2D eigenvalue weighted by molar-refractivity contribution is -0.142. The van der Waals surface area contributed by atoms with Gasteiger partial charge in [0, 0.05) is 12.1 Å². The minimum Gasteiger partial charge on any atom is -0.490 e. The quantitative estimate of drug-likeness (QED) is 0.584. The molecular weight excluding hydrogens is 375 g/mol. The lowest BCUT2D eigenvalue weighted by atomic mass is 9.95. The van der Waals surface area contributed by atoms with Crippen LogP contribution in [0.4, 0.5) is 13.2 Å². The molecule has 0 saturated carbocycles. The second-order valence-corrected chi connectivity index (χ2v) is 7.44. The van der Waals surface area contributed by atoms with Crippen molar-refractivity contribution in [3.05, 3.63) is 17.7 Å². The number of hydrogen-bond acceptors (Lipinski definition) is 4. The normalized spacial score (nSPS) is 11.9. The van der Waals surface area contributed by atoms with E-state index in [-0.39, 0.29) is 23.6 Å². The first kappa shape index (κ1) is 23.9. The molecule has 5 nitrogen and oxygen atoms in total. The van der Waals surface area contributed by atoms with Crippen molar-refractivity contribution in [1.82, 2.24) is 4.90 Å². The molecule has 0 saturated heterocycles. The van der Waals surface area contributed by atoms with E-state index in [0.717, 1.165) is 4.90 Å². The molecule has 0 radical (unpaired) electrons. The van der Waals surface area contributed by atoms with Crippen molar-refractivity contribution >= 4 is 5.91 Å². The van der Waals surface area contributed by atoms with E-state index >= 15 is 0 Å². The number of alkyl halides is 3. The van der Waals surface area contributed by atoms with Crippen molar-refractivity contribution in [2.75, 3.05) is 32.9 Å². The Balaban J connectivity index is 3.41. The summed E-state index contributed by atoms with van der Waals surface area (Å²) in [5, 5.41) is 0. The minimum atomic E-state index is -4.50. The fourth-order valence-corrected chi connectivity index (χ4v) is 2.68. The molecule has 0 atom stereocenters. The molecule has 0 aliphatic rings. The number of hydrogen-bond donors (Lipinski definition) is 0. The molecule has 1 aromatic rings. The number of amides is 1. The first-order chi connectivity index (χ1) is 12.9. The Morgan fingerprint density at radius 3 is 1.71 bits per heavy atom. The van der Waals surface area contributed by atoms with Crippen LogP contribution >= 0.6 is 0 Å². The molecule has 0 fully saturated rings. The first-order valence-corrected chi connectivity index (χ1v) is 9.34. The van der Waals surface area contributed by atoms with Crippen LogP contribution in [0.1, 0.15) is 51.9 Å². The van der Waals surface area contributed by atoms with Gasteiger partial charge in [0.05, 0.1) is 19.8 Å². The van der Waals surface area contributed by atoms with Crippen molar-refractivity contribution in [1.29, 1.82) is 0 Å². The van der Waals surface area contributed by atoms with E-state index < -0.39 is 24.0 Å². The summed E-state index contributed by atoms with van der Waals surface area (Å²) in [5.74, 6) is 0.126. The maximum absolute atomic E-state index is 13.1. The molecule has 0 N–H and O–H groups in total. The number of nitrogens with zero attached hydrogens (tertiary/aromatic N) is 1. The summed E-state index contributed by atoms with van der Waals surface area (Å²) < 4.78 is 55.9. The summed E-state index contributed by atoms with van der Waals surface area (Å²) in [7, 11) is 0. The van der Waals surface area contributed by atoms with Crippen molar-refractivity contribution in [3.8, 4) is 17.2 Å². The number of carbonyl (C=O) groups excluding carboxylic acids is 1. The lowest BCUT2D eigenvalue weighted by Crippen LogP contribution is -2.43. The van der Waals surface area contributed by atoms with Crippen LogP contribution in [0, 0.1) is 5.41 Å². The average Bonchev–Trinajstić information content (AvgIpc) is 2.54. The molecule has 28 heavy (non-hydrogen) atoms. The highest BCUT2D eigenvalue weighted by Crippen LogP contribution is 2.39. The number of rotatable bonds is 9. The molecule has 0 unspecified atom stereocenters. The summed E-state index contributed by atoms with van der Waals surface area (Å²) in [5.41, 5.74) is -0.443. The molecule has 1 amide bonds. The third-order valence-corrected chi connectivity index (χ3v) is 3.48. The van der Waals surface area contributed by atoms with Gasteiger partial charge in [-0.05, 0) is 38.3 Å². The summed E-state index contributed by atoms with van der Waals surface area (Å²) in [6.07, 6.45) is -4.50. The van der Waals surface area contributed by atoms with E-state index in [1.54, 1.807) is 41.5 Å². The molecule has 1 aromatic carbocycles. The standard InChI is InChI=1S/C20H30F3NO4/c1-7-26-15-10-14(11-16(27-8-2)17(15)28-9-3)18(25)24(12-19(4,5)6)13-20(21,22)23/h10-11H,7-9,12-13H2,1-6H3. The second-order valence-electron chi connectivity index (χ2n) is 7.44. The van der Waals surface area contributed by atoms with Crippen molar-refractivity contribution in [2.24, 2.45) is 5.41 Å². The van der Waals surface area contributed by atoms with E-state index in [1.165, 1.54) is 12.1 Å². The Bertz CT molecular complexity index is 611. The molecule has 8 heteroatoms. The maximum atomic E-state index is 13.1. The van der Waals surface area contributed by atoms with Crippen LogP contribution < -0.4 is 14.2 Å². The van der Waals surface area contributed by atoms with E-state index in [0.29, 0.717) is 25.6 Å². The van der Waals surface area contributed by atoms with Gasteiger partial charge in [0.1, 0.15) is 6.54 Å². The zero-order valence-corrected chi connectivity index (χ0v) is 17.4. The fraction of sp³-hybridized carbons (Fsp3) is 0.650. The number of benzene rings is 1. The predicted octanol–water partition coefficient (Wildman–Crippen LogP) is 4.93. The first-order valence-electron chi connectivity index (χ1n) is 9.34. The molecule has 0 aliphatic carbocycles. The van der Waals surface area contributed by atoms with Gasteiger partial charge in [-0.3, -0.25) is 4.79 Å². The van der Waals surface area contributed by atoms with Gasteiger partial charge in [-0.25, -0.2) is 0 Å². The van der Waals surface area contributed by atoms with Crippen molar-refractivity contribution in [2.45, 2.75) is 47.7 Å². The monoisotopic (exact) mass is 405 g/mol. The van der Waals surface area contributed by atoms with Gasteiger partial charge in [0.2, 0.25) is 5.75 Å². The lowest BCUT2D eigenvalue weighted by Gasteiger charge is -2.31. The SMILES string of the molecule is CCOc1cc(C(=O)N(CC(C)(C)C)CC(F)(F)F)cc(OCC)c1OCC. The average molecular weight is 405 g/mol. The largest absolute Gasteiger partial charge is 0.490 e. The number of halogens is 3. The highest BCUT2D eigenvalue weighted by Gasteiger charge is 2.35. The Labute approximate surface area is 164 Å². The molecule has 0 heterocycles. The van der Waals surface area contributed by atoms with Gasteiger partial charge in [0.15, 0.2) is 11.5 Å². The van der Waals surface area contributed by atoms with Crippen LogP contribution in [0.2, 0.25) is 0 Å². The Hall–Kier alpha value is -2.12. The van der Waals surface area contributed by atoms with Gasteiger partial charge in [0.25, 0.3) is 5.91 Å².